The van der Waals surface area contributed by atoms with E-state index in [0.717, 1.165) is 5.54 Å². The zero-order chi connectivity index (χ0) is 10.1. The van der Waals surface area contributed by atoms with Crippen molar-refractivity contribution < 1.29 is 0 Å². The van der Waals surface area contributed by atoms with Crippen LogP contribution >= 0.6 is 0 Å². The molecule has 13 heavy (non-hydrogen) atoms. The summed E-state index contributed by atoms with van der Waals surface area (Å²) in [5, 5.41) is 0. The van der Waals surface area contributed by atoms with E-state index in [9.17, 15) is 0 Å². The van der Waals surface area contributed by atoms with Crippen molar-refractivity contribution in [3.63, 3.8) is 0 Å². The van der Waals surface area contributed by atoms with Crippen LogP contribution in [0.15, 0.2) is 24.3 Å². The van der Waals surface area contributed by atoms with Crippen molar-refractivity contribution in [2.45, 2.75) is 39.0 Å². The summed E-state index contributed by atoms with van der Waals surface area (Å²) in [6.07, 6.45) is 0. The molecular formula is C12H20Si. The van der Waals surface area contributed by atoms with Crippen molar-refractivity contribution in [2.24, 2.45) is 0 Å². The first-order valence-electron chi connectivity index (χ1n) is 4.98. The van der Waals surface area contributed by atoms with Gasteiger partial charge in [0.1, 0.15) is 0 Å². The van der Waals surface area contributed by atoms with Crippen molar-refractivity contribution in [1.29, 1.82) is 0 Å². The highest BCUT2D eigenvalue weighted by atomic mass is 28.3. The van der Waals surface area contributed by atoms with Crippen LogP contribution in [0, 0.1) is 6.92 Å². The fraction of sp³-hybridized carbons (Fsp3) is 0.500. The van der Waals surface area contributed by atoms with Crippen molar-refractivity contribution >= 4 is 8.07 Å². The van der Waals surface area contributed by atoms with E-state index < -0.39 is 8.07 Å². The lowest BCUT2D eigenvalue weighted by molar-refractivity contribution is 1.02. The first-order valence-corrected chi connectivity index (χ1v) is 8.55. The minimum Gasteiger partial charge on any atom is -0.0691 e. The first kappa shape index (κ1) is 10.5. The zero-order valence-corrected chi connectivity index (χ0v) is 10.4. The molecule has 1 heteroatoms. The molecule has 0 aliphatic heterocycles. The fourth-order valence-electron chi connectivity index (χ4n) is 1.36. The van der Waals surface area contributed by atoms with Gasteiger partial charge in [0.25, 0.3) is 0 Å². The van der Waals surface area contributed by atoms with Gasteiger partial charge in [-0.05, 0) is 18.0 Å². The molecular weight excluding hydrogens is 172 g/mol. The molecule has 1 atom stereocenters. The molecule has 1 aromatic rings. The second-order valence-electron chi connectivity index (χ2n) is 5.00. The van der Waals surface area contributed by atoms with Gasteiger partial charge in [0, 0.05) is 0 Å². The van der Waals surface area contributed by atoms with E-state index in [1.807, 2.05) is 0 Å². The Balaban J connectivity index is 2.90. The maximum Gasteiger partial charge on any atom is 0.0517 e. The van der Waals surface area contributed by atoms with Crippen LogP contribution in [-0.2, 0) is 0 Å². The average molecular weight is 192 g/mol. The van der Waals surface area contributed by atoms with Gasteiger partial charge in [0.05, 0.1) is 8.07 Å². The monoisotopic (exact) mass is 192 g/mol. The van der Waals surface area contributed by atoms with Crippen molar-refractivity contribution in [1.82, 2.24) is 0 Å². The Labute approximate surface area is 83.0 Å². The molecule has 0 unspecified atom stereocenters. The molecule has 0 radical (unpaired) electrons. The van der Waals surface area contributed by atoms with Crippen molar-refractivity contribution in [3.8, 4) is 0 Å². The molecule has 0 heterocycles. The number of hydrogen-bond acceptors (Lipinski definition) is 0. The molecule has 0 aromatic heterocycles. The largest absolute Gasteiger partial charge is 0.0691 e. The van der Waals surface area contributed by atoms with Gasteiger partial charge in [-0.15, -0.1) is 0 Å². The Morgan fingerprint density at radius 3 is 1.85 bits per heavy atom. The van der Waals surface area contributed by atoms with E-state index in [4.69, 9.17) is 0 Å². The van der Waals surface area contributed by atoms with Gasteiger partial charge in [-0.25, -0.2) is 0 Å². The third-order valence-corrected chi connectivity index (χ3v) is 5.81. The molecule has 0 amide bonds. The molecule has 0 fully saturated rings. The van der Waals surface area contributed by atoms with Gasteiger partial charge >= 0.3 is 0 Å². The van der Waals surface area contributed by atoms with Crippen LogP contribution in [0.3, 0.4) is 0 Å². The summed E-state index contributed by atoms with van der Waals surface area (Å²) in [6.45, 7) is 11.8. The van der Waals surface area contributed by atoms with E-state index in [0.29, 0.717) is 0 Å². The Morgan fingerprint density at radius 1 is 1.00 bits per heavy atom. The first-order chi connectivity index (χ1) is 5.91. The molecule has 0 aliphatic carbocycles. The van der Waals surface area contributed by atoms with Crippen LogP contribution in [0.4, 0.5) is 0 Å². The van der Waals surface area contributed by atoms with E-state index in [1.54, 1.807) is 0 Å². The molecule has 72 valence electrons. The quantitative estimate of drug-likeness (QED) is 0.622. The van der Waals surface area contributed by atoms with Crippen LogP contribution < -0.4 is 0 Å². The molecule has 0 aliphatic rings. The third-order valence-electron chi connectivity index (χ3n) is 2.88. The van der Waals surface area contributed by atoms with E-state index in [-0.39, 0.29) is 0 Å². The molecule has 0 saturated heterocycles. The lowest BCUT2D eigenvalue weighted by Crippen LogP contribution is -2.28. The van der Waals surface area contributed by atoms with Crippen LogP contribution in [0.5, 0.6) is 0 Å². The van der Waals surface area contributed by atoms with E-state index in [2.05, 4.69) is 57.8 Å². The Bertz CT molecular complexity index is 266. The lowest BCUT2D eigenvalue weighted by Gasteiger charge is -2.25. The Kier molecular flexibility index (Phi) is 2.97. The minimum absolute atomic E-state index is 0.757. The van der Waals surface area contributed by atoms with E-state index in [1.165, 1.54) is 11.1 Å². The second kappa shape index (κ2) is 3.67. The topological polar surface area (TPSA) is 0 Å². The molecule has 0 N–H and O–H groups in total. The summed E-state index contributed by atoms with van der Waals surface area (Å²) in [5.41, 5.74) is 3.62. The Morgan fingerprint density at radius 2 is 1.46 bits per heavy atom. The molecule has 0 spiro atoms. The summed E-state index contributed by atoms with van der Waals surface area (Å²) in [5.74, 6) is 0. The molecule has 1 rings (SSSR count). The van der Waals surface area contributed by atoms with Crippen molar-refractivity contribution in [2.75, 3.05) is 0 Å². The summed E-state index contributed by atoms with van der Waals surface area (Å²) in [4.78, 5) is 0. The predicted octanol–water partition coefficient (Wildman–Crippen LogP) is 3.98. The summed E-state index contributed by atoms with van der Waals surface area (Å²) < 4.78 is 0. The normalized spacial score (nSPS) is 14.2. The highest BCUT2D eigenvalue weighted by Gasteiger charge is 2.23. The highest BCUT2D eigenvalue weighted by molar-refractivity contribution is 6.77. The standard InChI is InChI=1S/C12H20Si/c1-10-6-8-12(9-7-10)11(2)13(3,4)5/h6-9,11H,1-5H3/t11-/m1/s1. The third kappa shape index (κ3) is 2.70. The number of rotatable bonds is 2. The van der Waals surface area contributed by atoms with Crippen LogP contribution in [-0.4, -0.2) is 8.07 Å². The summed E-state index contributed by atoms with van der Waals surface area (Å²) in [6, 6.07) is 8.98. The van der Waals surface area contributed by atoms with Gasteiger partial charge < -0.3 is 0 Å². The van der Waals surface area contributed by atoms with Gasteiger partial charge in [-0.2, -0.15) is 0 Å². The summed E-state index contributed by atoms with van der Waals surface area (Å²) in [7, 11) is -1.02. The SMILES string of the molecule is Cc1ccc([C@@H](C)[Si](C)(C)C)cc1. The Hall–Kier alpha value is -0.563. The lowest BCUT2D eigenvalue weighted by atomic mass is 10.1. The maximum atomic E-state index is 2.43. The smallest absolute Gasteiger partial charge is 0.0517 e. The second-order valence-corrected chi connectivity index (χ2v) is 10.6. The zero-order valence-electron chi connectivity index (χ0n) is 9.39. The number of aryl methyl sites for hydroxylation is 1. The molecule has 0 saturated carbocycles. The van der Waals surface area contributed by atoms with Crippen LogP contribution in [0.2, 0.25) is 19.6 Å². The fourth-order valence-corrected chi connectivity index (χ4v) is 2.55. The minimum atomic E-state index is -1.02. The average Bonchev–Trinajstić information content (AvgIpc) is 2.03. The van der Waals surface area contributed by atoms with Crippen molar-refractivity contribution in [3.05, 3.63) is 35.4 Å². The maximum absolute atomic E-state index is 2.43. The molecule has 1 aromatic carbocycles. The molecule has 0 nitrogen and oxygen atoms in total. The molecule has 0 bridgehead atoms. The van der Waals surface area contributed by atoms with Gasteiger partial charge in [-0.3, -0.25) is 0 Å². The van der Waals surface area contributed by atoms with Gasteiger partial charge in [0.15, 0.2) is 0 Å². The summed E-state index contributed by atoms with van der Waals surface area (Å²) >= 11 is 0. The van der Waals surface area contributed by atoms with Crippen LogP contribution in [0.1, 0.15) is 23.6 Å². The highest BCUT2D eigenvalue weighted by Crippen LogP contribution is 2.26. The predicted molar refractivity (Wildman–Crippen MR) is 62.9 cm³/mol. The number of hydrogen-bond donors (Lipinski definition) is 0. The van der Waals surface area contributed by atoms with Gasteiger partial charge in [-0.1, -0.05) is 56.4 Å². The van der Waals surface area contributed by atoms with E-state index >= 15 is 0 Å². The number of benzene rings is 1. The van der Waals surface area contributed by atoms with Gasteiger partial charge in [0.2, 0.25) is 0 Å². The van der Waals surface area contributed by atoms with Crippen LogP contribution in [0.25, 0.3) is 0 Å².